The van der Waals surface area contributed by atoms with Gasteiger partial charge in [-0.3, -0.25) is 0 Å². The lowest BCUT2D eigenvalue weighted by Crippen LogP contribution is -2.44. The van der Waals surface area contributed by atoms with E-state index in [-0.39, 0.29) is 16.5 Å². The number of imide groups is 1. The van der Waals surface area contributed by atoms with Crippen LogP contribution in [0.5, 0.6) is 0 Å². The Hall–Kier alpha value is -2.67. The van der Waals surface area contributed by atoms with Crippen LogP contribution in [0.1, 0.15) is 79.0 Å². The van der Waals surface area contributed by atoms with Crippen molar-refractivity contribution in [3.8, 4) is 11.3 Å². The minimum atomic E-state index is -0.947. The Balaban J connectivity index is 2.76. The van der Waals surface area contributed by atoms with Gasteiger partial charge >= 0.3 is 12.2 Å². The maximum absolute atomic E-state index is 13.1. The van der Waals surface area contributed by atoms with Crippen LogP contribution in [-0.4, -0.2) is 33.4 Å². The molecule has 1 aromatic heterocycles. The molecule has 0 aliphatic rings. The van der Waals surface area contributed by atoms with Gasteiger partial charge in [-0.25, -0.2) is 14.6 Å². The Labute approximate surface area is 214 Å². The fourth-order valence-electron chi connectivity index (χ4n) is 3.46. The molecule has 0 aliphatic carbocycles. The number of benzene rings is 1. The van der Waals surface area contributed by atoms with Crippen molar-refractivity contribution in [2.24, 2.45) is 5.41 Å². The third-order valence-electron chi connectivity index (χ3n) is 4.74. The Morgan fingerprint density at radius 2 is 1.40 bits per heavy atom. The number of amides is 2. The first kappa shape index (κ1) is 28.6. The van der Waals surface area contributed by atoms with Crippen LogP contribution in [0.2, 0.25) is 5.15 Å². The first-order valence-electron chi connectivity index (χ1n) is 11.7. The van der Waals surface area contributed by atoms with Gasteiger partial charge in [0.15, 0.2) is 0 Å². The molecule has 2 amide bonds. The topological polar surface area (TPSA) is 81.6 Å². The van der Waals surface area contributed by atoms with E-state index in [1.165, 1.54) is 0 Å². The second-order valence-corrected chi connectivity index (χ2v) is 12.3. The van der Waals surface area contributed by atoms with Gasteiger partial charge in [0.05, 0.1) is 5.69 Å². The molecular weight excluding hydrogens is 466 g/mol. The molecule has 1 aromatic carbocycles. The van der Waals surface area contributed by atoms with Gasteiger partial charge < -0.3 is 9.47 Å². The fraction of sp³-hybridized carbons (Fsp3) is 0.556. The van der Waals surface area contributed by atoms with E-state index in [1.54, 1.807) is 41.5 Å². The summed E-state index contributed by atoms with van der Waals surface area (Å²) in [4.78, 5) is 35.9. The highest BCUT2D eigenvalue weighted by atomic mass is 35.5. The average molecular weight is 504 g/mol. The number of rotatable bonds is 3. The van der Waals surface area contributed by atoms with Gasteiger partial charge in [-0.05, 0) is 78.4 Å². The molecule has 0 radical (unpaired) electrons. The zero-order chi connectivity index (χ0) is 26.9. The maximum atomic E-state index is 13.1. The summed E-state index contributed by atoms with van der Waals surface area (Å²) in [7, 11) is 0. The summed E-state index contributed by atoms with van der Waals surface area (Å²) in [6.07, 6.45) is -1.10. The summed E-state index contributed by atoms with van der Waals surface area (Å²) in [5.41, 5.74) is 2.49. The first-order valence-corrected chi connectivity index (χ1v) is 12.1. The van der Waals surface area contributed by atoms with Crippen molar-refractivity contribution < 1.29 is 19.1 Å². The van der Waals surface area contributed by atoms with Crippen LogP contribution in [0.3, 0.4) is 0 Å². The molecule has 7 nitrogen and oxygen atoms in total. The van der Waals surface area contributed by atoms with Crippen LogP contribution in [-0.2, 0) is 15.9 Å². The molecule has 1 heterocycles. The number of anilines is 1. The number of carbonyl (C=O) groups is 2. The van der Waals surface area contributed by atoms with Crippen molar-refractivity contribution >= 4 is 29.7 Å². The predicted molar refractivity (Wildman–Crippen MR) is 140 cm³/mol. The molecule has 0 unspecified atom stereocenters. The second kappa shape index (κ2) is 10.1. The van der Waals surface area contributed by atoms with Crippen molar-refractivity contribution in [2.45, 2.75) is 93.8 Å². The highest BCUT2D eigenvalue weighted by Gasteiger charge is 2.35. The van der Waals surface area contributed by atoms with Gasteiger partial charge in [0.1, 0.15) is 16.4 Å². The molecule has 0 bridgehead atoms. The van der Waals surface area contributed by atoms with Gasteiger partial charge in [0.2, 0.25) is 5.95 Å². The van der Waals surface area contributed by atoms with Gasteiger partial charge in [0.25, 0.3) is 0 Å². The quantitative estimate of drug-likeness (QED) is 0.399. The van der Waals surface area contributed by atoms with Crippen molar-refractivity contribution in [1.82, 2.24) is 9.97 Å². The normalized spacial score (nSPS) is 12.3. The zero-order valence-corrected chi connectivity index (χ0v) is 23.5. The minimum Gasteiger partial charge on any atom is -0.443 e. The van der Waals surface area contributed by atoms with Crippen LogP contribution < -0.4 is 4.90 Å². The lowest BCUT2D eigenvalue weighted by molar-refractivity contribution is 0.0427. The number of aryl methyl sites for hydroxylation is 1. The third-order valence-corrected chi connectivity index (χ3v) is 5.11. The maximum Gasteiger partial charge on any atom is 0.427 e. The highest BCUT2D eigenvalue weighted by Crippen LogP contribution is 2.36. The number of carbonyl (C=O) groups excluding carboxylic acids is 2. The molecule has 2 rings (SSSR count). The average Bonchev–Trinajstić information content (AvgIpc) is 2.61. The molecule has 35 heavy (non-hydrogen) atoms. The number of aromatic nitrogens is 2. The van der Waals surface area contributed by atoms with Crippen molar-refractivity contribution in [3.05, 3.63) is 40.0 Å². The molecule has 192 valence electrons. The number of hydrogen-bond acceptors (Lipinski definition) is 6. The summed E-state index contributed by atoms with van der Waals surface area (Å²) in [6.45, 7) is 20.5. The largest absolute Gasteiger partial charge is 0.443 e. The molecule has 0 N–H and O–H groups in total. The standard InChI is InChI=1S/C27H38ClN3O4/c1-16-13-12-14-18(15-25(3,4)5)19(16)20-17(2)21(28)30-22(29-20)31(23(32)34-26(6,7)8)24(33)35-27(9,10)11/h12-14H,15H2,1-11H3. The van der Waals surface area contributed by atoms with E-state index in [0.29, 0.717) is 16.2 Å². The Bertz CT molecular complexity index is 1080. The van der Waals surface area contributed by atoms with E-state index in [4.69, 9.17) is 21.1 Å². The number of hydrogen-bond donors (Lipinski definition) is 0. The van der Waals surface area contributed by atoms with Gasteiger partial charge in [-0.15, -0.1) is 4.90 Å². The molecule has 0 atom stereocenters. The molecule has 0 aliphatic heterocycles. The first-order chi connectivity index (χ1) is 15.8. The monoisotopic (exact) mass is 503 g/mol. The number of ether oxygens (including phenoxy) is 2. The number of halogens is 1. The number of nitrogens with zero attached hydrogens (tertiary/aromatic N) is 3. The smallest absolute Gasteiger partial charge is 0.427 e. The molecule has 0 spiro atoms. The van der Waals surface area contributed by atoms with Gasteiger partial charge in [0, 0.05) is 11.1 Å². The van der Waals surface area contributed by atoms with E-state index < -0.39 is 23.4 Å². The lowest BCUT2D eigenvalue weighted by Gasteiger charge is -2.28. The summed E-state index contributed by atoms with van der Waals surface area (Å²) in [5.74, 6) is -0.205. The van der Waals surface area contributed by atoms with E-state index in [2.05, 4.69) is 36.8 Å². The van der Waals surface area contributed by atoms with Crippen molar-refractivity contribution in [2.75, 3.05) is 4.90 Å². The summed E-state index contributed by atoms with van der Waals surface area (Å²) < 4.78 is 11.0. The molecular formula is C27H38ClN3O4. The van der Waals surface area contributed by atoms with Crippen LogP contribution in [0, 0.1) is 19.3 Å². The van der Waals surface area contributed by atoms with E-state index in [1.807, 2.05) is 26.0 Å². The zero-order valence-electron chi connectivity index (χ0n) is 22.8. The summed E-state index contributed by atoms with van der Waals surface area (Å²) >= 11 is 6.54. The Morgan fingerprint density at radius 1 is 0.886 bits per heavy atom. The van der Waals surface area contributed by atoms with Crippen molar-refractivity contribution in [1.29, 1.82) is 0 Å². The molecule has 2 aromatic rings. The lowest BCUT2D eigenvalue weighted by atomic mass is 9.84. The molecule has 0 saturated heterocycles. The van der Waals surface area contributed by atoms with Gasteiger partial charge in [-0.1, -0.05) is 50.6 Å². The van der Waals surface area contributed by atoms with Gasteiger partial charge in [-0.2, -0.15) is 4.98 Å². The van der Waals surface area contributed by atoms with Crippen LogP contribution in [0.25, 0.3) is 11.3 Å². The van der Waals surface area contributed by atoms with Crippen LogP contribution in [0.4, 0.5) is 15.5 Å². The minimum absolute atomic E-state index is 0.0230. The summed E-state index contributed by atoms with van der Waals surface area (Å²) in [5, 5.41) is 0.132. The molecule has 8 heteroatoms. The Kier molecular flexibility index (Phi) is 8.27. The molecule has 0 saturated carbocycles. The van der Waals surface area contributed by atoms with E-state index in [0.717, 1.165) is 23.1 Å². The summed E-state index contributed by atoms with van der Waals surface area (Å²) in [6, 6.07) is 6.06. The third kappa shape index (κ3) is 7.92. The van der Waals surface area contributed by atoms with Crippen LogP contribution in [0.15, 0.2) is 18.2 Å². The van der Waals surface area contributed by atoms with E-state index in [9.17, 15) is 9.59 Å². The fourth-order valence-corrected chi connectivity index (χ4v) is 3.63. The van der Waals surface area contributed by atoms with Crippen molar-refractivity contribution in [3.63, 3.8) is 0 Å². The SMILES string of the molecule is Cc1cccc(CC(C)(C)C)c1-c1nc(N(C(=O)OC(C)(C)C)C(=O)OC(C)(C)C)nc(Cl)c1C. The van der Waals surface area contributed by atoms with E-state index >= 15 is 0 Å². The molecule has 0 fully saturated rings. The predicted octanol–water partition coefficient (Wildman–Crippen LogP) is 7.68. The second-order valence-electron chi connectivity index (χ2n) is 11.9. The highest BCUT2D eigenvalue weighted by molar-refractivity contribution is 6.30. The van der Waals surface area contributed by atoms with Crippen LogP contribution >= 0.6 is 11.6 Å². The Morgan fingerprint density at radius 3 is 1.86 bits per heavy atom.